The van der Waals surface area contributed by atoms with Gasteiger partial charge < -0.3 is 30.7 Å². The highest BCUT2D eigenvalue weighted by molar-refractivity contribution is 5.94. The molecule has 10 nitrogen and oxygen atoms in total. The number of nitrogens with zero attached hydrogens (tertiary/aromatic N) is 3. The lowest BCUT2D eigenvalue weighted by Gasteiger charge is -2.14. The second-order valence-corrected chi connectivity index (χ2v) is 8.02. The fourth-order valence-electron chi connectivity index (χ4n) is 3.03. The van der Waals surface area contributed by atoms with Gasteiger partial charge in [-0.05, 0) is 37.6 Å². The zero-order valence-electron chi connectivity index (χ0n) is 20.9. The Morgan fingerprint density at radius 3 is 2.11 bits per heavy atom. The van der Waals surface area contributed by atoms with Crippen molar-refractivity contribution in [1.29, 1.82) is 0 Å². The average molecular weight is 494 g/mol. The number of rotatable bonds is 16. The summed E-state index contributed by atoms with van der Waals surface area (Å²) in [5.41, 5.74) is 1.53. The van der Waals surface area contributed by atoms with Crippen LogP contribution in [0, 0.1) is 0 Å². The monoisotopic (exact) mass is 493 g/mol. The normalized spacial score (nSPS) is 11.5. The maximum atomic E-state index is 11.9. The van der Waals surface area contributed by atoms with Crippen molar-refractivity contribution >= 4 is 29.4 Å². The number of aromatic nitrogens is 3. The molecule has 1 atom stereocenters. The van der Waals surface area contributed by atoms with E-state index in [0.717, 1.165) is 12.1 Å². The maximum Gasteiger partial charge on any atom is 0.251 e. The molecule has 2 aromatic carbocycles. The number of anilines is 4. The van der Waals surface area contributed by atoms with E-state index >= 15 is 0 Å². The molecule has 0 spiro atoms. The van der Waals surface area contributed by atoms with Gasteiger partial charge >= 0.3 is 0 Å². The van der Waals surface area contributed by atoms with Crippen molar-refractivity contribution in [1.82, 2.24) is 20.3 Å². The van der Waals surface area contributed by atoms with Gasteiger partial charge in [0.2, 0.25) is 17.8 Å². The first kappa shape index (κ1) is 26.8. The Balaban J connectivity index is 1.34. The minimum Gasteiger partial charge on any atom is -0.377 e. The van der Waals surface area contributed by atoms with Gasteiger partial charge in [0.05, 0.1) is 26.4 Å². The molecule has 3 aromatic rings. The van der Waals surface area contributed by atoms with Gasteiger partial charge in [0, 0.05) is 30.4 Å². The first-order valence-corrected chi connectivity index (χ1v) is 12.2. The van der Waals surface area contributed by atoms with E-state index in [2.05, 4.69) is 50.1 Å². The number of para-hydroxylation sites is 1. The molecule has 3 rings (SSSR count). The van der Waals surface area contributed by atoms with Crippen molar-refractivity contribution < 1.29 is 14.3 Å². The van der Waals surface area contributed by atoms with Gasteiger partial charge in [-0.3, -0.25) is 4.79 Å². The van der Waals surface area contributed by atoms with Crippen LogP contribution in [-0.2, 0) is 9.47 Å². The molecule has 0 saturated carbocycles. The van der Waals surface area contributed by atoms with Crippen molar-refractivity contribution in [2.75, 3.05) is 55.5 Å². The average Bonchev–Trinajstić information content (AvgIpc) is 2.90. The summed E-state index contributed by atoms with van der Waals surface area (Å²) < 4.78 is 11.1. The van der Waals surface area contributed by atoms with E-state index in [9.17, 15) is 4.79 Å². The number of benzene rings is 2. The van der Waals surface area contributed by atoms with Gasteiger partial charge in [-0.2, -0.15) is 15.0 Å². The third-order valence-electron chi connectivity index (χ3n) is 5.12. The summed E-state index contributed by atoms with van der Waals surface area (Å²) in [6, 6.07) is 19.1. The van der Waals surface area contributed by atoms with Crippen LogP contribution in [-0.4, -0.2) is 66.4 Å². The molecule has 1 heterocycles. The lowest BCUT2D eigenvalue weighted by Crippen LogP contribution is -2.27. The van der Waals surface area contributed by atoms with E-state index in [1.807, 2.05) is 48.5 Å². The van der Waals surface area contributed by atoms with Crippen LogP contribution in [0.1, 0.15) is 30.6 Å². The molecule has 0 fully saturated rings. The van der Waals surface area contributed by atoms with Crippen molar-refractivity contribution in [3.05, 3.63) is 66.2 Å². The van der Waals surface area contributed by atoms with Crippen LogP contribution in [0.25, 0.3) is 0 Å². The summed E-state index contributed by atoms with van der Waals surface area (Å²) in [5.74, 6) is 1.32. The van der Waals surface area contributed by atoms with Crippen LogP contribution in [0.4, 0.5) is 23.5 Å². The fourth-order valence-corrected chi connectivity index (χ4v) is 3.03. The van der Waals surface area contributed by atoms with Crippen LogP contribution >= 0.6 is 0 Å². The predicted octanol–water partition coefficient (Wildman–Crippen LogP) is 3.70. The Hall–Kier alpha value is -3.76. The largest absolute Gasteiger partial charge is 0.377 e. The first-order chi connectivity index (χ1) is 17.6. The third kappa shape index (κ3) is 9.85. The SMILES string of the molecule is CCC(C)Nc1nc(NCCOCCOCCNC(=O)c2ccccc2)nc(Nc2ccccc2)n1. The highest BCUT2D eigenvalue weighted by Gasteiger charge is 2.09. The molecular formula is C26H35N7O3. The molecule has 192 valence electrons. The lowest BCUT2D eigenvalue weighted by molar-refractivity contribution is 0.0519. The summed E-state index contributed by atoms with van der Waals surface area (Å²) in [6.45, 7) is 6.95. The topological polar surface area (TPSA) is 122 Å². The highest BCUT2D eigenvalue weighted by atomic mass is 16.5. The van der Waals surface area contributed by atoms with E-state index in [1.165, 1.54) is 0 Å². The van der Waals surface area contributed by atoms with Crippen molar-refractivity contribution in [3.63, 3.8) is 0 Å². The Labute approximate surface area is 212 Å². The van der Waals surface area contributed by atoms with Crippen LogP contribution < -0.4 is 21.3 Å². The first-order valence-electron chi connectivity index (χ1n) is 12.2. The highest BCUT2D eigenvalue weighted by Crippen LogP contribution is 2.16. The van der Waals surface area contributed by atoms with Gasteiger partial charge in [0.15, 0.2) is 0 Å². The molecule has 36 heavy (non-hydrogen) atoms. The van der Waals surface area contributed by atoms with E-state index in [1.54, 1.807) is 12.1 Å². The van der Waals surface area contributed by atoms with Gasteiger partial charge in [-0.25, -0.2) is 0 Å². The molecule has 1 unspecified atom stereocenters. The van der Waals surface area contributed by atoms with E-state index in [-0.39, 0.29) is 11.9 Å². The maximum absolute atomic E-state index is 11.9. The van der Waals surface area contributed by atoms with Crippen LogP contribution in [0.3, 0.4) is 0 Å². The standard InChI is InChI=1S/C26H35N7O3/c1-3-20(2)29-25-31-24(32-26(33-25)30-22-12-8-5-9-13-22)28-15-17-36-19-18-35-16-14-27-23(34)21-10-6-4-7-11-21/h4-13,20H,3,14-19H2,1-2H3,(H,27,34)(H3,28,29,30,31,32,33). The van der Waals surface area contributed by atoms with Crippen LogP contribution in [0.15, 0.2) is 60.7 Å². The molecule has 0 radical (unpaired) electrons. The molecule has 4 N–H and O–H groups in total. The number of hydrogen-bond donors (Lipinski definition) is 4. The quantitative estimate of drug-likeness (QED) is 0.221. The molecule has 0 bridgehead atoms. The number of hydrogen-bond acceptors (Lipinski definition) is 9. The summed E-state index contributed by atoms with van der Waals surface area (Å²) in [5, 5.41) is 12.5. The number of ether oxygens (including phenoxy) is 2. The molecular weight excluding hydrogens is 458 g/mol. The number of carbonyl (C=O) groups excluding carboxylic acids is 1. The second kappa shape index (κ2) is 15.3. The molecule has 10 heteroatoms. The molecule has 0 aliphatic heterocycles. The van der Waals surface area contributed by atoms with Crippen molar-refractivity contribution in [2.45, 2.75) is 26.3 Å². The number of carbonyl (C=O) groups is 1. The summed E-state index contributed by atoms with van der Waals surface area (Å²) in [7, 11) is 0. The zero-order valence-corrected chi connectivity index (χ0v) is 20.9. The zero-order chi connectivity index (χ0) is 25.4. The minimum absolute atomic E-state index is 0.107. The molecule has 0 saturated heterocycles. The van der Waals surface area contributed by atoms with Crippen molar-refractivity contribution in [2.24, 2.45) is 0 Å². The van der Waals surface area contributed by atoms with E-state index in [0.29, 0.717) is 62.9 Å². The Kier molecular flexibility index (Phi) is 11.4. The van der Waals surface area contributed by atoms with Gasteiger partial charge in [-0.15, -0.1) is 0 Å². The Morgan fingerprint density at radius 1 is 0.806 bits per heavy atom. The summed E-state index contributed by atoms with van der Waals surface area (Å²) >= 11 is 0. The number of nitrogens with one attached hydrogen (secondary N) is 4. The molecule has 0 aliphatic carbocycles. The third-order valence-corrected chi connectivity index (χ3v) is 5.12. The van der Waals surface area contributed by atoms with E-state index in [4.69, 9.17) is 9.47 Å². The predicted molar refractivity (Wildman–Crippen MR) is 142 cm³/mol. The molecule has 1 amide bonds. The van der Waals surface area contributed by atoms with Crippen LogP contribution in [0.2, 0.25) is 0 Å². The molecule has 0 aliphatic rings. The summed E-state index contributed by atoms with van der Waals surface area (Å²) in [6.07, 6.45) is 0.950. The van der Waals surface area contributed by atoms with Crippen LogP contribution in [0.5, 0.6) is 0 Å². The summed E-state index contributed by atoms with van der Waals surface area (Å²) in [4.78, 5) is 25.4. The molecule has 1 aromatic heterocycles. The van der Waals surface area contributed by atoms with Gasteiger partial charge in [-0.1, -0.05) is 43.3 Å². The van der Waals surface area contributed by atoms with Gasteiger partial charge in [0.1, 0.15) is 0 Å². The smallest absolute Gasteiger partial charge is 0.251 e. The van der Waals surface area contributed by atoms with Gasteiger partial charge in [0.25, 0.3) is 5.91 Å². The second-order valence-electron chi connectivity index (χ2n) is 8.02. The minimum atomic E-state index is -0.107. The fraction of sp³-hybridized carbons (Fsp3) is 0.385. The Morgan fingerprint density at radius 2 is 1.42 bits per heavy atom. The van der Waals surface area contributed by atoms with E-state index < -0.39 is 0 Å². The number of amides is 1. The Bertz CT molecular complexity index is 1040. The van der Waals surface area contributed by atoms with Crippen molar-refractivity contribution in [3.8, 4) is 0 Å². The lowest BCUT2D eigenvalue weighted by atomic mass is 10.2.